The van der Waals surface area contributed by atoms with E-state index in [0.29, 0.717) is 11.6 Å². The van der Waals surface area contributed by atoms with Crippen LogP contribution in [-0.2, 0) is 15.6 Å². The van der Waals surface area contributed by atoms with Crippen LogP contribution in [0.1, 0.15) is 65.2 Å². The molecule has 5 heteroatoms. The zero-order valence-electron chi connectivity index (χ0n) is 17.5. The number of phenolic OH excluding ortho intramolecular Hbond substituents is 1. The number of hydrazine groups is 1. The number of carbonyl (C=O) groups is 1. The third kappa shape index (κ3) is 3.94. The zero-order chi connectivity index (χ0) is 20.0. The number of hydrogen-bond acceptors (Lipinski definition) is 4. The molecule has 1 saturated heterocycles. The van der Waals surface area contributed by atoms with Crippen LogP contribution in [0.2, 0.25) is 0 Å². The van der Waals surface area contributed by atoms with Crippen LogP contribution in [0, 0.1) is 0 Å². The molecule has 1 aliphatic rings. The summed E-state index contributed by atoms with van der Waals surface area (Å²) in [5.41, 5.74) is 3.44. The van der Waals surface area contributed by atoms with Gasteiger partial charge in [-0.3, -0.25) is 9.80 Å². The van der Waals surface area contributed by atoms with Crippen LogP contribution < -0.4 is 0 Å². The van der Waals surface area contributed by atoms with Crippen molar-refractivity contribution in [2.75, 3.05) is 20.0 Å². The molecular formula is C21H32N2O2S. The number of allylic oxidation sites excluding steroid dienone is 1. The fourth-order valence-electron chi connectivity index (χ4n) is 3.05. The molecule has 2 rings (SSSR count). The second kappa shape index (κ2) is 6.93. The van der Waals surface area contributed by atoms with Gasteiger partial charge in [0.05, 0.1) is 10.8 Å². The van der Waals surface area contributed by atoms with Gasteiger partial charge in [-0.05, 0) is 41.0 Å². The molecule has 0 aliphatic carbocycles. The first kappa shape index (κ1) is 20.8. The van der Waals surface area contributed by atoms with E-state index in [0.717, 1.165) is 27.2 Å². The van der Waals surface area contributed by atoms with Gasteiger partial charge in [0.1, 0.15) is 5.75 Å². The predicted molar refractivity (Wildman–Crippen MR) is 111 cm³/mol. The van der Waals surface area contributed by atoms with Gasteiger partial charge < -0.3 is 5.11 Å². The molecule has 1 aromatic carbocycles. The average Bonchev–Trinajstić information content (AvgIpc) is 2.86. The Morgan fingerprint density at radius 3 is 1.88 bits per heavy atom. The first-order chi connectivity index (χ1) is 11.7. The molecule has 1 amide bonds. The van der Waals surface area contributed by atoms with Crippen molar-refractivity contribution in [3.8, 4) is 5.75 Å². The summed E-state index contributed by atoms with van der Waals surface area (Å²) in [6, 6.07) is 4.08. The van der Waals surface area contributed by atoms with Crippen molar-refractivity contribution in [2.24, 2.45) is 0 Å². The molecule has 0 saturated carbocycles. The average molecular weight is 377 g/mol. The van der Waals surface area contributed by atoms with Crippen molar-refractivity contribution < 1.29 is 9.90 Å². The summed E-state index contributed by atoms with van der Waals surface area (Å²) >= 11 is 1.57. The van der Waals surface area contributed by atoms with Gasteiger partial charge in [-0.1, -0.05) is 53.3 Å². The second-order valence-corrected chi connectivity index (χ2v) is 10.2. The summed E-state index contributed by atoms with van der Waals surface area (Å²) in [6.07, 6.45) is 0. The highest BCUT2D eigenvalue weighted by molar-refractivity contribution is 8.04. The highest BCUT2D eigenvalue weighted by atomic mass is 32.2. The van der Waals surface area contributed by atoms with E-state index in [9.17, 15) is 9.90 Å². The monoisotopic (exact) mass is 376 g/mol. The summed E-state index contributed by atoms with van der Waals surface area (Å²) in [5, 5.41) is 14.5. The fourth-order valence-corrected chi connectivity index (χ4v) is 4.22. The maximum atomic E-state index is 12.7. The topological polar surface area (TPSA) is 43.8 Å². The third-order valence-electron chi connectivity index (χ3n) is 4.74. The molecule has 1 aliphatic heterocycles. The molecule has 0 radical (unpaired) electrons. The van der Waals surface area contributed by atoms with Crippen molar-refractivity contribution >= 4 is 23.2 Å². The maximum absolute atomic E-state index is 12.7. The van der Waals surface area contributed by atoms with Crippen LogP contribution in [0.15, 0.2) is 17.0 Å². The molecule has 0 bridgehead atoms. The van der Waals surface area contributed by atoms with Crippen molar-refractivity contribution in [2.45, 2.75) is 59.3 Å². The van der Waals surface area contributed by atoms with Crippen LogP contribution >= 0.6 is 11.8 Å². The second-order valence-electron chi connectivity index (χ2n) is 9.20. The molecule has 0 atom stereocenters. The van der Waals surface area contributed by atoms with Gasteiger partial charge in [-0.2, -0.15) is 0 Å². The van der Waals surface area contributed by atoms with Gasteiger partial charge in [-0.15, -0.1) is 0 Å². The number of hydrogen-bond donors (Lipinski definition) is 1. The number of nitrogens with zero attached hydrogens (tertiary/aromatic N) is 2. The summed E-state index contributed by atoms with van der Waals surface area (Å²) in [4.78, 5) is 13.5. The number of benzene rings is 1. The van der Waals surface area contributed by atoms with Crippen LogP contribution in [0.5, 0.6) is 5.75 Å². The fraction of sp³-hybridized carbons (Fsp3) is 0.571. The van der Waals surface area contributed by atoms with Gasteiger partial charge in [0, 0.05) is 25.2 Å². The van der Waals surface area contributed by atoms with E-state index < -0.39 is 0 Å². The van der Waals surface area contributed by atoms with Gasteiger partial charge in [-0.25, -0.2) is 5.01 Å². The minimum Gasteiger partial charge on any atom is -0.507 e. The van der Waals surface area contributed by atoms with Crippen LogP contribution in [0.25, 0.3) is 5.57 Å². The Morgan fingerprint density at radius 2 is 1.54 bits per heavy atom. The molecule has 1 heterocycles. The van der Waals surface area contributed by atoms with Gasteiger partial charge in [0.25, 0.3) is 5.91 Å². The molecule has 0 aromatic heterocycles. The highest BCUT2D eigenvalue weighted by Gasteiger charge is 2.32. The largest absolute Gasteiger partial charge is 0.507 e. The summed E-state index contributed by atoms with van der Waals surface area (Å²) in [6.45, 7) is 14.6. The van der Waals surface area contributed by atoms with Crippen LogP contribution in [0.3, 0.4) is 0 Å². The maximum Gasteiger partial charge on any atom is 0.275 e. The number of carbonyl (C=O) groups excluding carboxylic acids is 1. The number of aromatic hydroxyl groups is 1. The number of thioether (sulfide) groups is 1. The Labute approximate surface area is 162 Å². The molecule has 144 valence electrons. The Morgan fingerprint density at radius 1 is 1.08 bits per heavy atom. The SMILES string of the molecule is CC(=C1SCN(N(C)C)C1=O)c1cc(C(C)(C)C)c(O)c(C(C)(C)C)c1. The normalized spacial score (nSPS) is 18.1. The Bertz CT molecular complexity index is 717. The summed E-state index contributed by atoms with van der Waals surface area (Å²) < 4.78 is 0. The minimum atomic E-state index is -0.187. The standard InChI is InChI=1S/C21H32N2O2S/c1-13(18-19(25)23(12-26-18)22(8)9)14-10-15(20(2,3)4)17(24)16(11-14)21(5,6)7/h10-11,24H,12H2,1-9H3. The zero-order valence-corrected chi connectivity index (χ0v) is 18.3. The molecule has 4 nitrogen and oxygen atoms in total. The van der Waals surface area contributed by atoms with Crippen molar-refractivity contribution in [1.82, 2.24) is 10.0 Å². The number of rotatable bonds is 2. The molecule has 1 fully saturated rings. The Hall–Kier alpha value is -1.46. The summed E-state index contributed by atoms with van der Waals surface area (Å²) in [5.74, 6) is 1.04. The first-order valence-corrected chi connectivity index (χ1v) is 9.95. The highest BCUT2D eigenvalue weighted by Crippen LogP contribution is 2.43. The van der Waals surface area contributed by atoms with E-state index in [2.05, 4.69) is 41.5 Å². The van der Waals surface area contributed by atoms with E-state index in [1.807, 2.05) is 38.2 Å². The van der Waals surface area contributed by atoms with Crippen molar-refractivity contribution in [1.29, 1.82) is 0 Å². The molecule has 26 heavy (non-hydrogen) atoms. The smallest absolute Gasteiger partial charge is 0.275 e. The van der Waals surface area contributed by atoms with Gasteiger partial charge >= 0.3 is 0 Å². The lowest BCUT2D eigenvalue weighted by molar-refractivity contribution is -0.136. The van der Waals surface area contributed by atoms with E-state index >= 15 is 0 Å². The Kier molecular flexibility index (Phi) is 5.56. The van der Waals surface area contributed by atoms with Crippen molar-refractivity contribution in [3.63, 3.8) is 0 Å². The molecule has 0 unspecified atom stereocenters. The lowest BCUT2D eigenvalue weighted by Crippen LogP contribution is -2.37. The first-order valence-electron chi connectivity index (χ1n) is 8.96. The summed E-state index contributed by atoms with van der Waals surface area (Å²) in [7, 11) is 3.76. The molecule has 1 aromatic rings. The number of amides is 1. The van der Waals surface area contributed by atoms with Crippen molar-refractivity contribution in [3.05, 3.63) is 33.7 Å². The molecule has 0 spiro atoms. The number of phenols is 1. The van der Waals surface area contributed by atoms with E-state index in [1.54, 1.807) is 16.8 Å². The minimum absolute atomic E-state index is 0.0418. The van der Waals surface area contributed by atoms with E-state index in [4.69, 9.17) is 0 Å². The lowest BCUT2D eigenvalue weighted by atomic mass is 9.78. The molecule has 1 N–H and O–H groups in total. The lowest BCUT2D eigenvalue weighted by Gasteiger charge is -2.28. The van der Waals surface area contributed by atoms with E-state index in [-0.39, 0.29) is 16.7 Å². The quantitative estimate of drug-likeness (QED) is 0.758. The van der Waals surface area contributed by atoms with Gasteiger partial charge in [0.2, 0.25) is 0 Å². The van der Waals surface area contributed by atoms with E-state index in [1.165, 1.54) is 0 Å². The Balaban J connectivity index is 2.67. The third-order valence-corrected chi connectivity index (χ3v) is 5.89. The van der Waals surface area contributed by atoms with Crippen LogP contribution in [-0.4, -0.2) is 41.0 Å². The van der Waals surface area contributed by atoms with Crippen LogP contribution in [0.4, 0.5) is 0 Å². The predicted octanol–water partition coefficient (Wildman–Crippen LogP) is 4.73. The molecular weight excluding hydrogens is 344 g/mol. The van der Waals surface area contributed by atoms with Gasteiger partial charge in [0.15, 0.2) is 0 Å².